The highest BCUT2D eigenvalue weighted by Crippen LogP contribution is 2.29. The molecular formula is C11H14ClNO. The Morgan fingerprint density at radius 3 is 3.00 bits per heavy atom. The van der Waals surface area contributed by atoms with Crippen LogP contribution in [-0.2, 0) is 6.42 Å². The van der Waals surface area contributed by atoms with Crippen LogP contribution in [-0.4, -0.2) is 11.1 Å². The van der Waals surface area contributed by atoms with Crippen LogP contribution < -0.4 is 5.73 Å². The number of aliphatic hydroxyl groups is 1. The van der Waals surface area contributed by atoms with Crippen LogP contribution in [0.2, 0.25) is 5.02 Å². The zero-order chi connectivity index (χ0) is 10.1. The molecule has 0 bridgehead atoms. The van der Waals surface area contributed by atoms with Gasteiger partial charge in [0, 0.05) is 11.1 Å². The van der Waals surface area contributed by atoms with Crippen LogP contribution >= 0.6 is 11.6 Å². The molecule has 1 aromatic carbocycles. The molecule has 1 aromatic rings. The zero-order valence-corrected chi connectivity index (χ0v) is 8.67. The SMILES string of the molecule is N[C@@H]1CCCc2cc(Cl)ccc2[C@@H]1O. The monoisotopic (exact) mass is 211 g/mol. The van der Waals surface area contributed by atoms with Gasteiger partial charge >= 0.3 is 0 Å². The van der Waals surface area contributed by atoms with Gasteiger partial charge in [-0.05, 0) is 42.5 Å². The zero-order valence-electron chi connectivity index (χ0n) is 7.91. The van der Waals surface area contributed by atoms with E-state index in [-0.39, 0.29) is 6.04 Å². The summed E-state index contributed by atoms with van der Waals surface area (Å²) in [4.78, 5) is 0. The maximum atomic E-state index is 9.93. The van der Waals surface area contributed by atoms with Crippen LogP contribution in [0, 0.1) is 0 Å². The van der Waals surface area contributed by atoms with Crippen LogP contribution in [0.3, 0.4) is 0 Å². The summed E-state index contributed by atoms with van der Waals surface area (Å²) >= 11 is 5.90. The predicted octanol–water partition coefficient (Wildman–Crippen LogP) is 2.04. The fourth-order valence-electron chi connectivity index (χ4n) is 2.00. The molecule has 0 aliphatic heterocycles. The van der Waals surface area contributed by atoms with Crippen molar-refractivity contribution < 1.29 is 5.11 Å². The largest absolute Gasteiger partial charge is 0.387 e. The second-order valence-corrected chi connectivity index (χ2v) is 4.28. The summed E-state index contributed by atoms with van der Waals surface area (Å²) in [5, 5.41) is 10.7. The van der Waals surface area contributed by atoms with E-state index < -0.39 is 6.10 Å². The van der Waals surface area contributed by atoms with Crippen LogP contribution in [0.5, 0.6) is 0 Å². The normalized spacial score (nSPS) is 26.8. The molecule has 0 amide bonds. The lowest BCUT2D eigenvalue weighted by molar-refractivity contribution is 0.144. The number of hydrogen-bond donors (Lipinski definition) is 2. The Morgan fingerprint density at radius 1 is 1.43 bits per heavy atom. The Morgan fingerprint density at radius 2 is 2.21 bits per heavy atom. The van der Waals surface area contributed by atoms with Crippen LogP contribution in [0.15, 0.2) is 18.2 Å². The van der Waals surface area contributed by atoms with Gasteiger partial charge in [-0.15, -0.1) is 0 Å². The molecule has 0 saturated carbocycles. The van der Waals surface area contributed by atoms with Crippen molar-refractivity contribution in [2.45, 2.75) is 31.4 Å². The molecule has 0 spiro atoms. The molecule has 1 aliphatic carbocycles. The minimum Gasteiger partial charge on any atom is -0.387 e. The number of hydrogen-bond acceptors (Lipinski definition) is 2. The highest BCUT2D eigenvalue weighted by molar-refractivity contribution is 6.30. The fourth-order valence-corrected chi connectivity index (χ4v) is 2.19. The van der Waals surface area contributed by atoms with Crippen LogP contribution in [0.1, 0.15) is 30.1 Å². The minimum atomic E-state index is -0.537. The highest BCUT2D eigenvalue weighted by Gasteiger charge is 2.22. The Kier molecular flexibility index (Phi) is 2.77. The number of aryl methyl sites for hydroxylation is 1. The first-order valence-electron chi connectivity index (χ1n) is 4.90. The molecule has 14 heavy (non-hydrogen) atoms. The van der Waals surface area contributed by atoms with Crippen LogP contribution in [0.4, 0.5) is 0 Å². The molecule has 0 heterocycles. The predicted molar refractivity (Wildman–Crippen MR) is 57.3 cm³/mol. The molecule has 0 unspecified atom stereocenters. The van der Waals surface area contributed by atoms with Crippen molar-refractivity contribution in [3.05, 3.63) is 34.3 Å². The molecule has 0 fully saturated rings. The first-order valence-corrected chi connectivity index (χ1v) is 5.28. The summed E-state index contributed by atoms with van der Waals surface area (Å²) in [6, 6.07) is 5.48. The summed E-state index contributed by atoms with van der Waals surface area (Å²) in [5.41, 5.74) is 7.93. The maximum absolute atomic E-state index is 9.93. The third-order valence-electron chi connectivity index (χ3n) is 2.81. The third-order valence-corrected chi connectivity index (χ3v) is 3.05. The molecule has 76 valence electrons. The maximum Gasteiger partial charge on any atom is 0.0943 e. The van der Waals surface area contributed by atoms with Gasteiger partial charge in [-0.2, -0.15) is 0 Å². The average molecular weight is 212 g/mol. The first kappa shape index (κ1) is 9.97. The number of nitrogens with two attached hydrogens (primary N) is 1. The second-order valence-electron chi connectivity index (χ2n) is 3.84. The molecule has 1 aliphatic rings. The molecule has 0 saturated heterocycles. The van der Waals surface area contributed by atoms with E-state index in [9.17, 15) is 5.11 Å². The number of halogens is 1. The Bertz CT molecular complexity index is 340. The van der Waals surface area contributed by atoms with Crippen LogP contribution in [0.25, 0.3) is 0 Å². The van der Waals surface area contributed by atoms with E-state index in [0.29, 0.717) is 0 Å². The van der Waals surface area contributed by atoms with Crippen molar-refractivity contribution in [3.63, 3.8) is 0 Å². The van der Waals surface area contributed by atoms with E-state index >= 15 is 0 Å². The van der Waals surface area contributed by atoms with Gasteiger partial charge in [-0.1, -0.05) is 17.7 Å². The Balaban J connectivity index is 2.43. The summed E-state index contributed by atoms with van der Waals surface area (Å²) in [6.45, 7) is 0. The van der Waals surface area contributed by atoms with Gasteiger partial charge in [-0.25, -0.2) is 0 Å². The van der Waals surface area contributed by atoms with Gasteiger partial charge in [-0.3, -0.25) is 0 Å². The molecule has 3 heteroatoms. The van der Waals surface area contributed by atoms with Crippen molar-refractivity contribution in [1.29, 1.82) is 0 Å². The third kappa shape index (κ3) is 1.78. The first-order chi connectivity index (χ1) is 6.68. The van der Waals surface area contributed by atoms with Gasteiger partial charge in [0.2, 0.25) is 0 Å². The molecule has 0 radical (unpaired) electrons. The van der Waals surface area contributed by atoms with E-state index in [1.807, 2.05) is 18.2 Å². The summed E-state index contributed by atoms with van der Waals surface area (Å²) in [7, 11) is 0. The van der Waals surface area contributed by atoms with E-state index in [2.05, 4.69) is 0 Å². The number of aliphatic hydroxyl groups excluding tert-OH is 1. The van der Waals surface area contributed by atoms with Crippen molar-refractivity contribution in [2.75, 3.05) is 0 Å². The Labute approximate surface area is 88.7 Å². The summed E-state index contributed by atoms with van der Waals surface area (Å²) < 4.78 is 0. The van der Waals surface area contributed by atoms with Crippen molar-refractivity contribution in [3.8, 4) is 0 Å². The van der Waals surface area contributed by atoms with E-state index in [0.717, 1.165) is 35.4 Å². The quantitative estimate of drug-likeness (QED) is 0.646. The summed E-state index contributed by atoms with van der Waals surface area (Å²) in [6.07, 6.45) is 2.31. The smallest absolute Gasteiger partial charge is 0.0943 e. The van der Waals surface area contributed by atoms with E-state index in [4.69, 9.17) is 17.3 Å². The lowest BCUT2D eigenvalue weighted by Crippen LogP contribution is -2.27. The molecular weight excluding hydrogens is 198 g/mol. The van der Waals surface area contributed by atoms with Gasteiger partial charge in [0.25, 0.3) is 0 Å². The highest BCUT2D eigenvalue weighted by atomic mass is 35.5. The van der Waals surface area contributed by atoms with E-state index in [1.165, 1.54) is 0 Å². The topological polar surface area (TPSA) is 46.2 Å². The molecule has 3 N–H and O–H groups in total. The standard InChI is InChI=1S/C11H14ClNO/c12-8-4-5-9-7(6-8)2-1-3-10(13)11(9)14/h4-6,10-11,14H,1-3,13H2/t10-,11+/m1/s1. The molecule has 2 atom stereocenters. The minimum absolute atomic E-state index is 0.141. The average Bonchev–Trinajstić information content (AvgIpc) is 2.28. The number of benzene rings is 1. The molecule has 0 aromatic heterocycles. The van der Waals surface area contributed by atoms with Gasteiger partial charge in [0.15, 0.2) is 0 Å². The second kappa shape index (κ2) is 3.89. The lowest BCUT2D eigenvalue weighted by Gasteiger charge is -2.17. The van der Waals surface area contributed by atoms with Gasteiger partial charge in [0.05, 0.1) is 6.10 Å². The lowest BCUT2D eigenvalue weighted by atomic mass is 9.99. The molecule has 2 rings (SSSR count). The van der Waals surface area contributed by atoms with Gasteiger partial charge in [0.1, 0.15) is 0 Å². The van der Waals surface area contributed by atoms with Crippen molar-refractivity contribution in [1.82, 2.24) is 0 Å². The van der Waals surface area contributed by atoms with Gasteiger partial charge < -0.3 is 10.8 Å². The summed E-state index contributed by atoms with van der Waals surface area (Å²) in [5.74, 6) is 0. The Hall–Kier alpha value is -0.570. The van der Waals surface area contributed by atoms with E-state index in [1.54, 1.807) is 0 Å². The van der Waals surface area contributed by atoms with Crippen molar-refractivity contribution >= 4 is 11.6 Å². The van der Waals surface area contributed by atoms with Crippen molar-refractivity contribution in [2.24, 2.45) is 5.73 Å². The molecule has 2 nitrogen and oxygen atoms in total. The number of fused-ring (bicyclic) bond motifs is 1. The fraction of sp³-hybridized carbons (Fsp3) is 0.455. The number of rotatable bonds is 0.